The van der Waals surface area contributed by atoms with Gasteiger partial charge < -0.3 is 4.74 Å². The predicted octanol–water partition coefficient (Wildman–Crippen LogP) is 2.85. The van der Waals surface area contributed by atoms with E-state index >= 15 is 0 Å². The Labute approximate surface area is 120 Å². The minimum absolute atomic E-state index is 0.0185. The number of benzene rings is 1. The smallest absolute Gasteiger partial charge is 0.308 e. The van der Waals surface area contributed by atoms with Crippen LogP contribution in [0.25, 0.3) is 0 Å². The monoisotopic (exact) mass is 273 g/mol. The minimum Gasteiger partial charge on any atom is -0.469 e. The van der Waals surface area contributed by atoms with E-state index < -0.39 is 0 Å². The summed E-state index contributed by atoms with van der Waals surface area (Å²) in [4.78, 5) is 14.4. The van der Waals surface area contributed by atoms with Crippen molar-refractivity contribution in [2.75, 3.05) is 13.7 Å². The summed E-state index contributed by atoms with van der Waals surface area (Å²) in [7, 11) is 1.50. The van der Waals surface area contributed by atoms with E-state index in [0.717, 1.165) is 31.8 Å². The van der Waals surface area contributed by atoms with Crippen molar-refractivity contribution in [1.29, 1.82) is 0 Å². The van der Waals surface area contributed by atoms with E-state index in [9.17, 15) is 4.79 Å². The third kappa shape index (κ3) is 3.04. The summed E-state index contributed by atoms with van der Waals surface area (Å²) in [5, 5.41) is 0. The van der Waals surface area contributed by atoms with Crippen LogP contribution in [-0.2, 0) is 16.1 Å². The third-order valence-electron chi connectivity index (χ3n) is 4.69. The van der Waals surface area contributed by atoms with Gasteiger partial charge in [0.1, 0.15) is 0 Å². The van der Waals surface area contributed by atoms with Gasteiger partial charge in [0, 0.05) is 12.6 Å². The maximum atomic E-state index is 11.8. The van der Waals surface area contributed by atoms with Crippen molar-refractivity contribution >= 4 is 5.97 Å². The molecule has 0 bridgehead atoms. The molecular formula is C17H23NO2. The van der Waals surface area contributed by atoms with Crippen LogP contribution in [0, 0.1) is 11.8 Å². The minimum atomic E-state index is -0.0185. The van der Waals surface area contributed by atoms with Crippen LogP contribution in [0.3, 0.4) is 0 Å². The third-order valence-corrected chi connectivity index (χ3v) is 4.69. The Balaban J connectivity index is 1.67. The van der Waals surface area contributed by atoms with Crippen LogP contribution in [0.5, 0.6) is 0 Å². The lowest BCUT2D eigenvalue weighted by Crippen LogP contribution is -2.45. The lowest BCUT2D eigenvalue weighted by molar-refractivity contribution is -0.148. The molecule has 108 valence electrons. The van der Waals surface area contributed by atoms with Crippen LogP contribution in [0.1, 0.15) is 31.2 Å². The van der Waals surface area contributed by atoms with Crippen LogP contribution in [0.2, 0.25) is 0 Å². The average Bonchev–Trinajstić information content (AvgIpc) is 3.32. The Kier molecular flexibility index (Phi) is 4.06. The van der Waals surface area contributed by atoms with Gasteiger partial charge in [0.25, 0.3) is 0 Å². The molecule has 2 fully saturated rings. The lowest BCUT2D eigenvalue weighted by Gasteiger charge is -2.39. The van der Waals surface area contributed by atoms with Crippen LogP contribution >= 0.6 is 0 Å². The van der Waals surface area contributed by atoms with Crippen molar-refractivity contribution in [2.24, 2.45) is 11.8 Å². The van der Waals surface area contributed by atoms with Crippen molar-refractivity contribution < 1.29 is 9.53 Å². The second-order valence-corrected chi connectivity index (χ2v) is 6.11. The highest BCUT2D eigenvalue weighted by Crippen LogP contribution is 2.41. The maximum absolute atomic E-state index is 11.8. The van der Waals surface area contributed by atoms with Crippen molar-refractivity contribution in [3.8, 4) is 0 Å². The summed E-state index contributed by atoms with van der Waals surface area (Å²) in [5.41, 5.74) is 1.37. The molecule has 0 aromatic heterocycles. The fourth-order valence-electron chi connectivity index (χ4n) is 3.41. The van der Waals surface area contributed by atoms with E-state index in [1.54, 1.807) is 0 Å². The Morgan fingerprint density at radius 1 is 1.25 bits per heavy atom. The number of piperidine rings is 1. The van der Waals surface area contributed by atoms with E-state index in [1.165, 1.54) is 25.5 Å². The first-order valence-corrected chi connectivity index (χ1v) is 7.63. The molecule has 1 saturated carbocycles. The molecule has 0 amide bonds. The van der Waals surface area contributed by atoms with Gasteiger partial charge in [0.15, 0.2) is 0 Å². The molecule has 1 aromatic rings. The zero-order valence-corrected chi connectivity index (χ0v) is 12.1. The predicted molar refractivity (Wildman–Crippen MR) is 78.1 cm³/mol. The fraction of sp³-hybridized carbons (Fsp3) is 0.588. The first-order chi connectivity index (χ1) is 9.78. The number of hydrogen-bond acceptors (Lipinski definition) is 3. The van der Waals surface area contributed by atoms with Gasteiger partial charge in [0.2, 0.25) is 0 Å². The number of nitrogens with zero attached hydrogens (tertiary/aromatic N) is 1. The van der Waals surface area contributed by atoms with Gasteiger partial charge in [-0.25, -0.2) is 0 Å². The second-order valence-electron chi connectivity index (χ2n) is 6.11. The molecule has 20 heavy (non-hydrogen) atoms. The molecule has 3 heteroatoms. The van der Waals surface area contributed by atoms with Crippen molar-refractivity contribution in [2.45, 2.75) is 38.3 Å². The Morgan fingerprint density at radius 2 is 2.00 bits per heavy atom. The number of esters is 1. The molecule has 2 atom stereocenters. The average molecular weight is 273 g/mol. The van der Waals surface area contributed by atoms with Crippen molar-refractivity contribution in [3.63, 3.8) is 0 Å². The molecule has 1 heterocycles. The Bertz CT molecular complexity index is 455. The summed E-state index contributed by atoms with van der Waals surface area (Å²) < 4.78 is 4.93. The van der Waals surface area contributed by atoms with E-state index in [-0.39, 0.29) is 11.9 Å². The van der Waals surface area contributed by atoms with Crippen LogP contribution < -0.4 is 0 Å². The fourth-order valence-corrected chi connectivity index (χ4v) is 3.41. The number of rotatable bonds is 4. The van der Waals surface area contributed by atoms with Gasteiger partial charge >= 0.3 is 5.97 Å². The zero-order chi connectivity index (χ0) is 13.9. The highest BCUT2D eigenvalue weighted by Gasteiger charge is 2.41. The molecule has 1 aliphatic heterocycles. The molecule has 1 saturated heterocycles. The summed E-state index contributed by atoms with van der Waals surface area (Å²) in [6, 6.07) is 11.2. The summed E-state index contributed by atoms with van der Waals surface area (Å²) in [6.07, 6.45) is 4.56. The number of ether oxygens (including phenoxy) is 1. The largest absolute Gasteiger partial charge is 0.469 e. The van der Waals surface area contributed by atoms with Crippen LogP contribution in [-0.4, -0.2) is 30.6 Å². The number of carbonyl (C=O) groups is 1. The summed E-state index contributed by atoms with van der Waals surface area (Å²) in [6.45, 7) is 2.02. The number of hydrogen-bond donors (Lipinski definition) is 0. The Morgan fingerprint density at radius 3 is 2.65 bits per heavy atom. The lowest BCUT2D eigenvalue weighted by atomic mass is 9.88. The highest BCUT2D eigenvalue weighted by atomic mass is 16.5. The van der Waals surface area contributed by atoms with E-state index in [1.807, 2.05) is 0 Å². The highest BCUT2D eigenvalue weighted by molar-refractivity contribution is 5.72. The summed E-state index contributed by atoms with van der Waals surface area (Å²) >= 11 is 0. The molecule has 0 N–H and O–H groups in total. The molecule has 3 nitrogen and oxygen atoms in total. The van der Waals surface area contributed by atoms with Crippen LogP contribution in [0.4, 0.5) is 0 Å². The normalized spacial score (nSPS) is 27.2. The molecule has 1 aliphatic carbocycles. The van der Waals surface area contributed by atoms with Crippen LogP contribution in [0.15, 0.2) is 30.3 Å². The van der Waals surface area contributed by atoms with Crippen molar-refractivity contribution in [1.82, 2.24) is 4.90 Å². The molecule has 1 aromatic carbocycles. The molecule has 2 aliphatic rings. The van der Waals surface area contributed by atoms with Gasteiger partial charge in [0.05, 0.1) is 13.0 Å². The zero-order valence-electron chi connectivity index (χ0n) is 12.1. The first-order valence-electron chi connectivity index (χ1n) is 7.63. The van der Waals surface area contributed by atoms with Gasteiger partial charge in [-0.3, -0.25) is 9.69 Å². The van der Waals surface area contributed by atoms with E-state index in [2.05, 4.69) is 35.2 Å². The SMILES string of the molecule is COC(=O)[C@@H]1CCN(Cc2ccccc2)[C@H](C2CC2)C1. The second kappa shape index (κ2) is 5.96. The van der Waals surface area contributed by atoms with Gasteiger partial charge in [-0.05, 0) is 43.7 Å². The first kappa shape index (κ1) is 13.6. The molecule has 0 radical (unpaired) electrons. The standard InChI is InChI=1S/C17H23NO2/c1-20-17(19)15-9-10-18(16(11-15)14-7-8-14)12-13-5-3-2-4-6-13/h2-6,14-16H,7-12H2,1H3/t15-,16+/m1/s1. The Hall–Kier alpha value is -1.35. The molecule has 3 rings (SSSR count). The van der Waals surface area contributed by atoms with Crippen molar-refractivity contribution in [3.05, 3.63) is 35.9 Å². The number of carbonyl (C=O) groups excluding carboxylic acids is 1. The quantitative estimate of drug-likeness (QED) is 0.790. The molecular weight excluding hydrogens is 250 g/mol. The molecule has 0 spiro atoms. The van der Waals surface area contributed by atoms with E-state index in [4.69, 9.17) is 4.74 Å². The summed E-state index contributed by atoms with van der Waals surface area (Å²) in [5.74, 6) is 0.888. The maximum Gasteiger partial charge on any atom is 0.308 e. The molecule has 0 unspecified atom stereocenters. The van der Waals surface area contributed by atoms with Gasteiger partial charge in [-0.1, -0.05) is 30.3 Å². The van der Waals surface area contributed by atoms with Gasteiger partial charge in [-0.2, -0.15) is 0 Å². The topological polar surface area (TPSA) is 29.5 Å². The number of methoxy groups -OCH3 is 1. The van der Waals surface area contributed by atoms with Gasteiger partial charge in [-0.15, -0.1) is 0 Å². The van der Waals surface area contributed by atoms with E-state index in [0.29, 0.717) is 6.04 Å². The number of likely N-dealkylation sites (tertiary alicyclic amines) is 1.